The van der Waals surface area contributed by atoms with Crippen molar-refractivity contribution in [2.45, 2.75) is 18.6 Å². The van der Waals surface area contributed by atoms with Crippen LogP contribution in [0.4, 0.5) is 23.7 Å². The largest absolute Gasteiger partial charge is 0.497 e. The van der Waals surface area contributed by atoms with Gasteiger partial charge in [0.1, 0.15) is 12.3 Å². The number of hydrogen-bond acceptors (Lipinski definition) is 4. The second-order valence-corrected chi connectivity index (χ2v) is 8.51. The van der Waals surface area contributed by atoms with Crippen LogP contribution >= 0.6 is 0 Å². The average molecular weight is 511 g/mol. The van der Waals surface area contributed by atoms with Gasteiger partial charge in [-0.25, -0.2) is 9.80 Å². The number of nitrogens with one attached hydrogen (secondary N) is 1. The Labute approximate surface area is 212 Å². The van der Waals surface area contributed by atoms with Crippen LogP contribution in [0.3, 0.4) is 0 Å². The highest BCUT2D eigenvalue weighted by Crippen LogP contribution is 2.33. The Morgan fingerprint density at radius 3 is 2.41 bits per heavy atom. The molecular weight excluding hydrogens is 485 g/mol. The van der Waals surface area contributed by atoms with E-state index in [1.165, 1.54) is 12.1 Å². The number of alkyl halides is 3. The summed E-state index contributed by atoms with van der Waals surface area (Å²) in [7, 11) is 3.00. The maximum Gasteiger partial charge on any atom is 0.416 e. The Hall–Kier alpha value is -4.34. The molecule has 1 atom stereocenters. The van der Waals surface area contributed by atoms with Gasteiger partial charge in [0.15, 0.2) is 0 Å². The summed E-state index contributed by atoms with van der Waals surface area (Å²) in [6.45, 7) is -0.287. The number of ether oxygens (including phenoxy) is 1. The van der Waals surface area contributed by atoms with Crippen LogP contribution in [0.1, 0.15) is 29.2 Å². The third kappa shape index (κ3) is 6.08. The SMILES string of the molecule is COc1cccc(C2=NN(C(=O)CN(C)C(=O)Nc3ccc(C(F)(F)F)cc3)[C@@H](c3ccccc3)C2)c1. The van der Waals surface area contributed by atoms with Crippen molar-refractivity contribution < 1.29 is 27.5 Å². The molecular formula is C27H25F3N4O3. The number of amides is 3. The molecule has 0 aliphatic carbocycles. The summed E-state index contributed by atoms with van der Waals surface area (Å²) < 4.78 is 43.6. The number of carbonyl (C=O) groups excluding carboxylic acids is 2. The summed E-state index contributed by atoms with van der Waals surface area (Å²) in [5, 5.41) is 8.49. The third-order valence-corrected chi connectivity index (χ3v) is 5.94. The lowest BCUT2D eigenvalue weighted by molar-refractivity contribution is -0.137. The van der Waals surface area contributed by atoms with Gasteiger partial charge in [-0.15, -0.1) is 0 Å². The van der Waals surface area contributed by atoms with Gasteiger partial charge in [0, 0.05) is 24.7 Å². The number of hydrazone groups is 1. The lowest BCUT2D eigenvalue weighted by Gasteiger charge is -2.25. The highest BCUT2D eigenvalue weighted by atomic mass is 19.4. The molecule has 37 heavy (non-hydrogen) atoms. The summed E-state index contributed by atoms with van der Waals surface area (Å²) in [4.78, 5) is 27.1. The van der Waals surface area contributed by atoms with Crippen molar-refractivity contribution in [3.05, 3.63) is 95.6 Å². The van der Waals surface area contributed by atoms with Gasteiger partial charge in [0.2, 0.25) is 0 Å². The standard InChI is InChI=1S/C27H25F3N4O3/c1-33(26(36)31-21-13-11-20(12-14-21)27(28,29)30)17-25(35)34-24(18-7-4-3-5-8-18)16-23(32-34)19-9-6-10-22(15-19)37-2/h3-15,24H,16-17H2,1-2H3,(H,31,36)/t24-/m1/s1. The van der Waals surface area contributed by atoms with Crippen LogP contribution in [0.15, 0.2) is 84.0 Å². The molecule has 0 bridgehead atoms. The lowest BCUT2D eigenvalue weighted by atomic mass is 9.98. The van der Waals surface area contributed by atoms with Crippen LogP contribution in [-0.2, 0) is 11.0 Å². The van der Waals surface area contributed by atoms with E-state index >= 15 is 0 Å². The van der Waals surface area contributed by atoms with Crippen LogP contribution in [0.25, 0.3) is 0 Å². The fourth-order valence-electron chi connectivity index (χ4n) is 3.96. The number of anilines is 1. The molecule has 0 unspecified atom stereocenters. The number of likely N-dealkylation sites (N-methyl/N-ethyl adjacent to an activating group) is 1. The minimum Gasteiger partial charge on any atom is -0.497 e. The minimum atomic E-state index is -4.47. The van der Waals surface area contributed by atoms with E-state index < -0.39 is 23.7 Å². The molecule has 0 fully saturated rings. The summed E-state index contributed by atoms with van der Waals surface area (Å²) in [6, 6.07) is 19.9. The van der Waals surface area contributed by atoms with Crippen LogP contribution < -0.4 is 10.1 Å². The summed E-state index contributed by atoms with van der Waals surface area (Å²) in [6.07, 6.45) is -3.99. The number of urea groups is 1. The Kier molecular flexibility index (Phi) is 7.47. The molecule has 192 valence electrons. The summed E-state index contributed by atoms with van der Waals surface area (Å²) >= 11 is 0. The fraction of sp³-hybridized carbons (Fsp3) is 0.222. The van der Waals surface area contributed by atoms with E-state index in [4.69, 9.17) is 4.74 Å². The Bertz CT molecular complexity index is 1290. The second-order valence-electron chi connectivity index (χ2n) is 8.51. The maximum atomic E-state index is 13.3. The number of halogens is 3. The topological polar surface area (TPSA) is 74.2 Å². The zero-order valence-electron chi connectivity index (χ0n) is 20.2. The first-order valence-corrected chi connectivity index (χ1v) is 11.4. The van der Waals surface area contributed by atoms with E-state index in [1.807, 2.05) is 54.6 Å². The van der Waals surface area contributed by atoms with Crippen molar-refractivity contribution in [1.29, 1.82) is 0 Å². The molecule has 1 heterocycles. The number of hydrogen-bond donors (Lipinski definition) is 1. The number of methoxy groups -OCH3 is 1. The summed E-state index contributed by atoms with van der Waals surface area (Å²) in [5.74, 6) is 0.262. The molecule has 10 heteroatoms. The molecule has 0 spiro atoms. The number of nitrogens with zero attached hydrogens (tertiary/aromatic N) is 3. The van der Waals surface area contributed by atoms with Gasteiger partial charge in [-0.05, 0) is 42.0 Å². The maximum absolute atomic E-state index is 13.3. The highest BCUT2D eigenvalue weighted by Gasteiger charge is 2.34. The van der Waals surface area contributed by atoms with Crippen LogP contribution in [0, 0.1) is 0 Å². The molecule has 1 N–H and O–H groups in total. The van der Waals surface area contributed by atoms with E-state index in [0.717, 1.165) is 40.3 Å². The van der Waals surface area contributed by atoms with Crippen molar-refractivity contribution in [3.63, 3.8) is 0 Å². The van der Waals surface area contributed by atoms with Crippen molar-refractivity contribution in [1.82, 2.24) is 9.91 Å². The van der Waals surface area contributed by atoms with E-state index in [0.29, 0.717) is 17.9 Å². The van der Waals surface area contributed by atoms with Gasteiger partial charge in [0.05, 0.1) is 24.4 Å². The first-order chi connectivity index (χ1) is 17.7. The van der Waals surface area contributed by atoms with Crippen LogP contribution in [0.5, 0.6) is 5.75 Å². The van der Waals surface area contributed by atoms with Crippen LogP contribution in [0.2, 0.25) is 0 Å². The number of benzene rings is 3. The van der Waals surface area contributed by atoms with Crippen molar-refractivity contribution in [2.24, 2.45) is 5.10 Å². The number of carbonyl (C=O) groups is 2. The van der Waals surface area contributed by atoms with Crippen molar-refractivity contribution in [3.8, 4) is 5.75 Å². The summed E-state index contributed by atoms with van der Waals surface area (Å²) in [5.41, 5.74) is 1.79. The predicted molar refractivity (Wildman–Crippen MR) is 133 cm³/mol. The van der Waals surface area contributed by atoms with Gasteiger partial charge < -0.3 is 15.0 Å². The monoisotopic (exact) mass is 510 g/mol. The molecule has 0 radical (unpaired) electrons. The van der Waals surface area contributed by atoms with Gasteiger partial charge in [-0.2, -0.15) is 18.3 Å². The Balaban J connectivity index is 1.49. The minimum absolute atomic E-state index is 0.180. The second kappa shape index (κ2) is 10.7. The average Bonchev–Trinajstić information content (AvgIpc) is 3.35. The zero-order valence-corrected chi connectivity index (χ0v) is 20.2. The normalized spacial score (nSPS) is 15.2. The molecule has 0 saturated heterocycles. The van der Waals surface area contributed by atoms with Gasteiger partial charge in [-0.1, -0.05) is 42.5 Å². The van der Waals surface area contributed by atoms with E-state index in [2.05, 4.69) is 10.4 Å². The van der Waals surface area contributed by atoms with Crippen LogP contribution in [-0.4, -0.2) is 48.3 Å². The molecule has 1 aliphatic heterocycles. The first kappa shape index (κ1) is 25.7. The quantitative estimate of drug-likeness (QED) is 0.472. The highest BCUT2D eigenvalue weighted by molar-refractivity contribution is 6.03. The third-order valence-electron chi connectivity index (χ3n) is 5.94. The molecule has 3 aromatic rings. The van der Waals surface area contributed by atoms with E-state index in [1.54, 1.807) is 7.11 Å². The molecule has 3 amide bonds. The number of rotatable bonds is 6. The molecule has 7 nitrogen and oxygen atoms in total. The molecule has 0 aromatic heterocycles. The fourth-order valence-corrected chi connectivity index (χ4v) is 3.96. The molecule has 3 aromatic carbocycles. The van der Waals surface area contributed by atoms with E-state index in [9.17, 15) is 22.8 Å². The van der Waals surface area contributed by atoms with Gasteiger partial charge in [0.25, 0.3) is 5.91 Å². The zero-order chi connectivity index (χ0) is 26.6. The molecule has 0 saturated carbocycles. The molecule has 4 rings (SSSR count). The van der Waals surface area contributed by atoms with Crippen molar-refractivity contribution in [2.75, 3.05) is 26.0 Å². The molecule has 1 aliphatic rings. The first-order valence-electron chi connectivity index (χ1n) is 11.4. The Morgan fingerprint density at radius 2 is 1.76 bits per heavy atom. The van der Waals surface area contributed by atoms with Crippen molar-refractivity contribution >= 4 is 23.3 Å². The van der Waals surface area contributed by atoms with Gasteiger partial charge in [-0.3, -0.25) is 4.79 Å². The predicted octanol–water partition coefficient (Wildman–Crippen LogP) is 5.56. The smallest absolute Gasteiger partial charge is 0.416 e. The Morgan fingerprint density at radius 1 is 1.05 bits per heavy atom. The van der Waals surface area contributed by atoms with E-state index in [-0.39, 0.29) is 18.3 Å². The lowest BCUT2D eigenvalue weighted by Crippen LogP contribution is -2.41. The van der Waals surface area contributed by atoms with Gasteiger partial charge >= 0.3 is 12.2 Å².